The van der Waals surface area contributed by atoms with Crippen LogP contribution < -0.4 is 0 Å². The number of fused-ring (bicyclic) bond motifs is 1. The molecule has 0 bridgehead atoms. The topological polar surface area (TPSA) is 20.2 Å². The molecule has 0 saturated heterocycles. The van der Waals surface area contributed by atoms with Crippen molar-refractivity contribution >= 4 is 0 Å². The van der Waals surface area contributed by atoms with Gasteiger partial charge in [-0.3, -0.25) is 0 Å². The van der Waals surface area contributed by atoms with Gasteiger partial charge in [-0.2, -0.15) is 0 Å². The first kappa shape index (κ1) is 11.1. The van der Waals surface area contributed by atoms with E-state index >= 15 is 0 Å². The van der Waals surface area contributed by atoms with E-state index in [1.165, 1.54) is 19.3 Å². The second-order valence-corrected chi connectivity index (χ2v) is 7.36. The summed E-state index contributed by atoms with van der Waals surface area (Å²) < 4.78 is 0. The van der Waals surface area contributed by atoms with Gasteiger partial charge in [0.15, 0.2) is 0 Å². The Morgan fingerprint density at radius 3 is 2.50 bits per heavy atom. The summed E-state index contributed by atoms with van der Waals surface area (Å²) >= 11 is 0. The van der Waals surface area contributed by atoms with E-state index in [4.69, 9.17) is 0 Å². The molecular formula is C15H26O. The van der Waals surface area contributed by atoms with Crippen molar-refractivity contribution in [3.05, 3.63) is 0 Å². The smallest absolute Gasteiger partial charge is 0.0656 e. The van der Waals surface area contributed by atoms with E-state index in [1.54, 1.807) is 0 Å². The molecule has 6 atom stereocenters. The molecule has 3 aliphatic carbocycles. The minimum atomic E-state index is -0.351. The Bertz CT molecular complexity index is 307. The Balaban J connectivity index is 1.92. The average Bonchev–Trinajstić information content (AvgIpc) is 2.79. The van der Waals surface area contributed by atoms with Crippen molar-refractivity contribution in [1.82, 2.24) is 0 Å². The molecule has 3 saturated carbocycles. The molecule has 92 valence electrons. The molecule has 0 heterocycles. The zero-order chi connectivity index (χ0) is 11.7. The summed E-state index contributed by atoms with van der Waals surface area (Å²) in [5.74, 6) is 4.01. The van der Waals surface area contributed by atoms with Gasteiger partial charge in [0.2, 0.25) is 0 Å². The highest BCUT2D eigenvalue weighted by Crippen LogP contribution is 2.80. The summed E-state index contributed by atoms with van der Waals surface area (Å²) in [6.45, 7) is 9.27. The molecule has 0 unspecified atom stereocenters. The molecule has 0 radical (unpaired) electrons. The van der Waals surface area contributed by atoms with Crippen molar-refractivity contribution in [2.24, 2.45) is 35.0 Å². The predicted octanol–water partition coefficient (Wildman–Crippen LogP) is 3.47. The first-order valence-corrected chi connectivity index (χ1v) is 7.13. The molecule has 1 N–H and O–H groups in total. The molecule has 16 heavy (non-hydrogen) atoms. The number of hydrogen-bond donors (Lipinski definition) is 1. The number of aliphatic hydroxyl groups is 1. The van der Waals surface area contributed by atoms with Crippen molar-refractivity contribution < 1.29 is 5.11 Å². The minimum absolute atomic E-state index is 0.351. The lowest BCUT2D eigenvalue weighted by atomic mass is 9.69. The molecule has 3 aliphatic rings. The first-order chi connectivity index (χ1) is 7.41. The van der Waals surface area contributed by atoms with E-state index in [0.717, 1.165) is 30.1 Å². The Morgan fingerprint density at radius 1 is 1.19 bits per heavy atom. The lowest BCUT2D eigenvalue weighted by Gasteiger charge is -2.36. The quantitative estimate of drug-likeness (QED) is 0.720. The number of rotatable bonds is 1. The largest absolute Gasteiger partial charge is 0.390 e. The molecule has 1 spiro atoms. The fraction of sp³-hybridized carbons (Fsp3) is 1.00. The predicted molar refractivity (Wildman–Crippen MR) is 66.0 cm³/mol. The van der Waals surface area contributed by atoms with Gasteiger partial charge < -0.3 is 5.11 Å². The van der Waals surface area contributed by atoms with E-state index in [0.29, 0.717) is 11.3 Å². The fourth-order valence-corrected chi connectivity index (χ4v) is 5.57. The maximum atomic E-state index is 10.5. The van der Waals surface area contributed by atoms with Gasteiger partial charge in [0.25, 0.3) is 0 Å². The van der Waals surface area contributed by atoms with Gasteiger partial charge in [-0.25, -0.2) is 0 Å². The van der Waals surface area contributed by atoms with Gasteiger partial charge in [0.1, 0.15) is 0 Å². The maximum absolute atomic E-state index is 10.5. The molecule has 0 aliphatic heterocycles. The van der Waals surface area contributed by atoms with Crippen molar-refractivity contribution in [1.29, 1.82) is 0 Å². The zero-order valence-corrected chi connectivity index (χ0v) is 11.2. The van der Waals surface area contributed by atoms with E-state index in [-0.39, 0.29) is 5.60 Å². The highest BCUT2D eigenvalue weighted by Gasteiger charge is 2.77. The van der Waals surface area contributed by atoms with E-state index < -0.39 is 0 Å². The summed E-state index contributed by atoms with van der Waals surface area (Å²) in [6.07, 6.45) is 5.13. The van der Waals surface area contributed by atoms with Crippen LogP contribution >= 0.6 is 0 Å². The monoisotopic (exact) mass is 222 g/mol. The lowest BCUT2D eigenvalue weighted by molar-refractivity contribution is 0.0291. The van der Waals surface area contributed by atoms with E-state index in [1.807, 2.05) is 0 Å². The third kappa shape index (κ3) is 1.11. The van der Waals surface area contributed by atoms with Crippen LogP contribution in [0.2, 0.25) is 0 Å². The summed E-state index contributed by atoms with van der Waals surface area (Å²) in [7, 11) is 0. The molecule has 3 fully saturated rings. The third-order valence-electron chi connectivity index (χ3n) is 6.35. The number of hydrogen-bond acceptors (Lipinski definition) is 1. The van der Waals surface area contributed by atoms with Crippen molar-refractivity contribution in [2.45, 2.75) is 59.0 Å². The Kier molecular flexibility index (Phi) is 2.11. The molecular weight excluding hydrogens is 196 g/mol. The molecule has 1 nitrogen and oxygen atoms in total. The van der Waals surface area contributed by atoms with Crippen LogP contribution in [-0.4, -0.2) is 10.7 Å². The molecule has 0 aromatic carbocycles. The highest BCUT2D eigenvalue weighted by molar-refractivity contribution is 5.26. The Labute approximate surface area is 99.6 Å². The van der Waals surface area contributed by atoms with Gasteiger partial charge in [-0.05, 0) is 67.6 Å². The molecule has 1 heteroatoms. The highest BCUT2D eigenvalue weighted by atomic mass is 16.3. The standard InChI is InChI=1S/C15H26O/c1-9(2)11-6-5-10(3)15-8-7-14(4,16)13(15)12(11)15/h9-13,16H,5-8H2,1-4H3/t10-,11+,12-,13-,14+,15-/m1/s1. The molecule has 0 aromatic heterocycles. The van der Waals surface area contributed by atoms with Crippen LogP contribution in [0.25, 0.3) is 0 Å². The van der Waals surface area contributed by atoms with Crippen LogP contribution in [0.15, 0.2) is 0 Å². The summed E-state index contributed by atoms with van der Waals surface area (Å²) in [5, 5.41) is 10.5. The SMILES string of the molecule is CC(C)[C@@H]1CC[C@@H](C)[C@@]23CC[C@](C)(O)[C@H]2[C@@H]13. The second-order valence-electron chi connectivity index (χ2n) is 7.36. The second kappa shape index (κ2) is 3.04. The maximum Gasteiger partial charge on any atom is 0.0656 e. The summed E-state index contributed by atoms with van der Waals surface area (Å²) in [6, 6.07) is 0. The van der Waals surface area contributed by atoms with Crippen molar-refractivity contribution in [3.63, 3.8) is 0 Å². The van der Waals surface area contributed by atoms with Crippen LogP contribution in [0, 0.1) is 35.0 Å². The summed E-state index contributed by atoms with van der Waals surface area (Å²) in [4.78, 5) is 0. The molecule has 0 amide bonds. The van der Waals surface area contributed by atoms with Gasteiger partial charge in [0.05, 0.1) is 5.60 Å². The fourth-order valence-electron chi connectivity index (χ4n) is 5.57. The average molecular weight is 222 g/mol. The van der Waals surface area contributed by atoms with Crippen LogP contribution in [0.4, 0.5) is 0 Å². The lowest BCUT2D eigenvalue weighted by Crippen LogP contribution is -2.30. The Morgan fingerprint density at radius 2 is 1.88 bits per heavy atom. The molecule has 0 aromatic rings. The van der Waals surface area contributed by atoms with E-state index in [2.05, 4.69) is 27.7 Å². The van der Waals surface area contributed by atoms with Gasteiger partial charge >= 0.3 is 0 Å². The Hall–Kier alpha value is -0.0400. The normalized spacial score (nSPS) is 59.6. The van der Waals surface area contributed by atoms with E-state index in [9.17, 15) is 5.11 Å². The van der Waals surface area contributed by atoms with Crippen LogP contribution in [0.5, 0.6) is 0 Å². The molecule has 3 rings (SSSR count). The van der Waals surface area contributed by atoms with Gasteiger partial charge in [-0.15, -0.1) is 0 Å². The zero-order valence-electron chi connectivity index (χ0n) is 11.2. The van der Waals surface area contributed by atoms with Crippen molar-refractivity contribution in [3.8, 4) is 0 Å². The third-order valence-corrected chi connectivity index (χ3v) is 6.35. The van der Waals surface area contributed by atoms with Crippen LogP contribution in [-0.2, 0) is 0 Å². The minimum Gasteiger partial charge on any atom is -0.390 e. The van der Waals surface area contributed by atoms with Gasteiger partial charge in [-0.1, -0.05) is 20.8 Å². The van der Waals surface area contributed by atoms with Crippen LogP contribution in [0.1, 0.15) is 53.4 Å². The summed E-state index contributed by atoms with van der Waals surface area (Å²) in [5.41, 5.74) is 0.201. The van der Waals surface area contributed by atoms with Crippen molar-refractivity contribution in [2.75, 3.05) is 0 Å². The van der Waals surface area contributed by atoms with Gasteiger partial charge in [0, 0.05) is 0 Å². The van der Waals surface area contributed by atoms with Crippen LogP contribution in [0.3, 0.4) is 0 Å². The first-order valence-electron chi connectivity index (χ1n) is 7.13.